The minimum atomic E-state index is 0.226. The predicted octanol–water partition coefficient (Wildman–Crippen LogP) is 2.73. The second kappa shape index (κ2) is 3.81. The lowest BCUT2D eigenvalue weighted by molar-refractivity contribution is 0.332. The fourth-order valence-corrected chi connectivity index (χ4v) is 1.60. The monoisotopic (exact) mass is 235 g/mol. The van der Waals surface area contributed by atoms with E-state index < -0.39 is 0 Å². The quantitative estimate of drug-likeness (QED) is 0.772. The summed E-state index contributed by atoms with van der Waals surface area (Å²) in [6, 6.07) is 8.87. The van der Waals surface area contributed by atoms with Crippen molar-refractivity contribution < 1.29 is 4.52 Å². The second-order valence-electron chi connectivity index (χ2n) is 2.76. The topological polar surface area (TPSA) is 57.6 Å². The Morgan fingerprint density at radius 3 is 2.40 bits per heavy atom. The average molecular weight is 235 g/mol. The molecule has 0 radical (unpaired) electrons. The van der Waals surface area contributed by atoms with E-state index in [1.807, 2.05) is 6.07 Å². The molecule has 2 aromatic rings. The lowest BCUT2D eigenvalue weighted by Crippen LogP contribution is -1.91. The molecule has 0 saturated carbocycles. The highest BCUT2D eigenvalue weighted by atomic mass is 32.1. The van der Waals surface area contributed by atoms with Gasteiger partial charge in [-0.25, -0.2) is 0 Å². The van der Waals surface area contributed by atoms with E-state index in [1.165, 1.54) is 4.74 Å². The zero-order valence-corrected chi connectivity index (χ0v) is 9.06. The number of aromatic amines is 1. The van der Waals surface area contributed by atoms with Crippen LogP contribution in [0.1, 0.15) is 5.56 Å². The third-order valence-electron chi connectivity index (χ3n) is 1.80. The molecule has 0 fully saturated rings. The van der Waals surface area contributed by atoms with Crippen LogP contribution in [0, 0.1) is 20.9 Å². The van der Waals surface area contributed by atoms with Gasteiger partial charge in [-0.05, 0) is 48.7 Å². The Labute approximate surface area is 95.4 Å². The van der Waals surface area contributed by atoms with Crippen LogP contribution in [-0.4, -0.2) is 9.72 Å². The molecule has 1 aromatic heterocycles. The van der Waals surface area contributed by atoms with Crippen molar-refractivity contribution in [2.45, 2.75) is 0 Å². The largest absolute Gasteiger partial charge is 0.341 e. The van der Waals surface area contributed by atoms with E-state index in [0.29, 0.717) is 10.3 Å². The number of hydrogen-bond donors (Lipinski definition) is 1. The van der Waals surface area contributed by atoms with E-state index in [9.17, 15) is 0 Å². The summed E-state index contributed by atoms with van der Waals surface area (Å²) in [5, 5.41) is 8.63. The number of aromatic nitrogens is 2. The molecule has 0 unspecified atom stereocenters. The molecule has 0 atom stereocenters. The summed E-state index contributed by atoms with van der Waals surface area (Å²) in [7, 11) is 0. The maximum Gasteiger partial charge on any atom is 0.293 e. The Kier molecular flexibility index (Phi) is 2.49. The van der Waals surface area contributed by atoms with Crippen LogP contribution >= 0.6 is 24.4 Å². The highest BCUT2D eigenvalue weighted by molar-refractivity contribution is 7.71. The maximum absolute atomic E-state index is 8.63. The minimum absolute atomic E-state index is 0.226. The van der Waals surface area contributed by atoms with Gasteiger partial charge in [0.25, 0.3) is 4.84 Å². The molecule has 0 aliphatic rings. The fraction of sp³-hybridized carbons (Fsp3) is 0. The predicted molar refractivity (Wildman–Crippen MR) is 58.8 cm³/mol. The van der Waals surface area contributed by atoms with Crippen LogP contribution in [0.4, 0.5) is 0 Å². The Bertz CT molecular complexity index is 627. The van der Waals surface area contributed by atoms with E-state index in [0.717, 1.165) is 5.69 Å². The zero-order chi connectivity index (χ0) is 10.8. The van der Waals surface area contributed by atoms with Crippen molar-refractivity contribution in [3.63, 3.8) is 0 Å². The highest BCUT2D eigenvalue weighted by Gasteiger charge is 2.00. The summed E-state index contributed by atoms with van der Waals surface area (Å²) in [6.07, 6.45) is 0. The number of rotatable bonds is 1. The standard InChI is InChI=1S/C9H5N3OS2/c10-5-6-1-3-7(4-2-6)12-8(14)11-9(15)13-12/h1-4H,(H,11,14,15). The van der Waals surface area contributed by atoms with Gasteiger partial charge in [0, 0.05) is 0 Å². The molecular formula is C9H5N3OS2. The fourth-order valence-electron chi connectivity index (χ4n) is 1.13. The number of H-pyrrole nitrogens is 1. The van der Waals surface area contributed by atoms with Gasteiger partial charge in [-0.3, -0.25) is 4.98 Å². The van der Waals surface area contributed by atoms with E-state index in [-0.39, 0.29) is 4.84 Å². The van der Waals surface area contributed by atoms with Gasteiger partial charge in [-0.1, -0.05) is 0 Å². The maximum atomic E-state index is 8.63. The van der Waals surface area contributed by atoms with Crippen molar-refractivity contribution in [1.29, 1.82) is 5.26 Å². The van der Waals surface area contributed by atoms with Crippen molar-refractivity contribution in [1.82, 2.24) is 9.72 Å². The zero-order valence-electron chi connectivity index (χ0n) is 7.43. The molecule has 0 bridgehead atoms. The van der Waals surface area contributed by atoms with Crippen molar-refractivity contribution >= 4 is 24.4 Å². The Hall–Kier alpha value is -1.71. The second-order valence-corrected chi connectivity index (χ2v) is 3.52. The summed E-state index contributed by atoms with van der Waals surface area (Å²) in [4.78, 5) is 2.92. The van der Waals surface area contributed by atoms with Gasteiger partial charge in [-0.2, -0.15) is 5.26 Å². The molecule has 74 valence electrons. The van der Waals surface area contributed by atoms with Gasteiger partial charge in [-0.15, -0.1) is 4.74 Å². The van der Waals surface area contributed by atoms with Crippen LogP contribution in [0.15, 0.2) is 28.8 Å². The molecule has 1 heterocycles. The average Bonchev–Trinajstić information content (AvgIpc) is 2.58. The molecule has 1 N–H and O–H groups in total. The van der Waals surface area contributed by atoms with Crippen LogP contribution in [0.5, 0.6) is 0 Å². The third kappa shape index (κ3) is 1.88. The molecule has 0 aliphatic heterocycles. The summed E-state index contributed by atoms with van der Waals surface area (Å²) >= 11 is 9.80. The van der Waals surface area contributed by atoms with Gasteiger partial charge >= 0.3 is 0 Å². The molecule has 2 rings (SSSR count). The van der Waals surface area contributed by atoms with E-state index in [1.54, 1.807) is 24.3 Å². The first-order valence-electron chi connectivity index (χ1n) is 4.04. The smallest absolute Gasteiger partial charge is 0.293 e. The summed E-state index contributed by atoms with van der Waals surface area (Å²) in [5.74, 6) is 0. The first kappa shape index (κ1) is 9.83. The Morgan fingerprint density at radius 1 is 1.27 bits per heavy atom. The van der Waals surface area contributed by atoms with Crippen LogP contribution in [0.3, 0.4) is 0 Å². The van der Waals surface area contributed by atoms with Crippen molar-refractivity contribution in [3.8, 4) is 11.8 Å². The summed E-state index contributed by atoms with van der Waals surface area (Å²) < 4.78 is 6.96. The van der Waals surface area contributed by atoms with Gasteiger partial charge < -0.3 is 4.52 Å². The number of nitrogens with zero attached hydrogens (tertiary/aromatic N) is 2. The Morgan fingerprint density at radius 2 is 1.93 bits per heavy atom. The molecule has 0 aliphatic carbocycles. The van der Waals surface area contributed by atoms with Gasteiger partial charge in [0.1, 0.15) is 0 Å². The van der Waals surface area contributed by atoms with Gasteiger partial charge in [0.05, 0.1) is 17.3 Å². The third-order valence-corrected chi connectivity index (χ3v) is 2.24. The Balaban J connectivity index is 2.56. The number of nitriles is 1. The summed E-state index contributed by atoms with van der Waals surface area (Å²) in [6.45, 7) is 0. The van der Waals surface area contributed by atoms with Crippen molar-refractivity contribution in [3.05, 3.63) is 39.4 Å². The molecule has 6 heteroatoms. The van der Waals surface area contributed by atoms with Gasteiger partial charge in [0.2, 0.25) is 4.77 Å². The number of benzene rings is 1. The normalized spacial score (nSPS) is 9.80. The molecule has 0 spiro atoms. The van der Waals surface area contributed by atoms with Crippen molar-refractivity contribution in [2.24, 2.45) is 0 Å². The van der Waals surface area contributed by atoms with E-state index in [4.69, 9.17) is 34.2 Å². The molecular weight excluding hydrogens is 230 g/mol. The summed E-state index contributed by atoms with van der Waals surface area (Å²) in [5.41, 5.74) is 1.31. The number of nitrogens with one attached hydrogen (secondary N) is 1. The first-order chi connectivity index (χ1) is 7.20. The lowest BCUT2D eigenvalue weighted by Gasteiger charge is -1.98. The van der Waals surface area contributed by atoms with Crippen LogP contribution < -0.4 is 0 Å². The van der Waals surface area contributed by atoms with Crippen LogP contribution in [-0.2, 0) is 0 Å². The first-order valence-corrected chi connectivity index (χ1v) is 4.85. The van der Waals surface area contributed by atoms with Gasteiger partial charge in [0.15, 0.2) is 0 Å². The molecule has 4 nitrogen and oxygen atoms in total. The highest BCUT2D eigenvalue weighted by Crippen LogP contribution is 2.10. The molecule has 0 amide bonds. The SMILES string of the molecule is N#Cc1ccc(-n2oc(=S)[nH]c2=S)cc1. The minimum Gasteiger partial charge on any atom is -0.341 e. The molecule has 0 saturated heterocycles. The van der Waals surface area contributed by atoms with E-state index in [2.05, 4.69) is 4.98 Å². The van der Waals surface area contributed by atoms with Crippen molar-refractivity contribution in [2.75, 3.05) is 0 Å². The van der Waals surface area contributed by atoms with Crippen LogP contribution in [0.2, 0.25) is 0 Å². The number of hydrogen-bond acceptors (Lipinski definition) is 4. The van der Waals surface area contributed by atoms with E-state index >= 15 is 0 Å². The molecule has 1 aromatic carbocycles. The van der Waals surface area contributed by atoms with Crippen LogP contribution in [0.25, 0.3) is 5.69 Å². The molecule has 15 heavy (non-hydrogen) atoms. The lowest BCUT2D eigenvalue weighted by atomic mass is 10.2.